The van der Waals surface area contributed by atoms with E-state index in [1.165, 1.54) is 22.3 Å². The molecule has 2 heterocycles. The van der Waals surface area contributed by atoms with Gasteiger partial charge in [0.05, 0.1) is 28.4 Å². The molecule has 2 aliphatic heterocycles. The van der Waals surface area contributed by atoms with E-state index in [0.717, 1.165) is 48.6 Å². The van der Waals surface area contributed by atoms with Crippen LogP contribution in [0.3, 0.4) is 0 Å². The summed E-state index contributed by atoms with van der Waals surface area (Å²) >= 11 is 0. The maximum Gasteiger partial charge on any atom is 0.161 e. The summed E-state index contributed by atoms with van der Waals surface area (Å²) < 4.78 is 22.2. The standard InChI is InChI=1S/C36H40N2O6/c1-41-33-17-23-9-11-37-29(25(23)19-35(33)43-3)15-21-5-7-31(39)27(13-21)28-14-22(6-8-32(28)40)16-30-26-20-36(44-4)34(42-2)18-24(26)10-12-38-30/h5-8,13-14,17-20,29-30,37-40H,9-12,15-16H2,1-4H3/t29-,30-/m0/s1. The highest BCUT2D eigenvalue weighted by Gasteiger charge is 2.25. The van der Waals surface area contributed by atoms with Crippen LogP contribution in [-0.4, -0.2) is 51.7 Å². The Balaban J connectivity index is 1.28. The quantitative estimate of drug-likeness (QED) is 0.197. The van der Waals surface area contributed by atoms with Gasteiger partial charge in [-0.25, -0.2) is 0 Å². The Morgan fingerprint density at radius 2 is 0.955 bits per heavy atom. The van der Waals surface area contributed by atoms with E-state index in [2.05, 4.69) is 34.9 Å². The molecule has 0 amide bonds. The van der Waals surface area contributed by atoms with Crippen LogP contribution < -0.4 is 29.6 Å². The Morgan fingerprint density at radius 1 is 0.568 bits per heavy atom. The van der Waals surface area contributed by atoms with Crippen molar-refractivity contribution in [3.8, 4) is 45.6 Å². The third kappa shape index (κ3) is 5.75. The summed E-state index contributed by atoms with van der Waals surface area (Å²) in [5, 5.41) is 29.2. The third-order valence-electron chi connectivity index (χ3n) is 8.90. The van der Waals surface area contributed by atoms with Gasteiger partial charge in [0, 0.05) is 23.2 Å². The molecule has 4 aromatic carbocycles. The molecular weight excluding hydrogens is 556 g/mol. The first-order valence-corrected chi connectivity index (χ1v) is 15.0. The van der Waals surface area contributed by atoms with Gasteiger partial charge in [0.1, 0.15) is 11.5 Å². The number of benzene rings is 4. The minimum absolute atomic E-state index is 0.0731. The molecule has 8 heteroatoms. The summed E-state index contributed by atoms with van der Waals surface area (Å²) in [4.78, 5) is 0. The number of phenolic OH excluding ortho intramolecular Hbond substituents is 2. The van der Waals surface area contributed by atoms with Crippen molar-refractivity contribution in [3.05, 3.63) is 94.0 Å². The highest BCUT2D eigenvalue weighted by Crippen LogP contribution is 2.41. The number of hydrogen-bond donors (Lipinski definition) is 4. The fourth-order valence-electron chi connectivity index (χ4n) is 6.62. The van der Waals surface area contributed by atoms with Crippen LogP contribution in [0.1, 0.15) is 45.5 Å². The molecule has 230 valence electrons. The summed E-state index contributed by atoms with van der Waals surface area (Å²) in [6.07, 6.45) is 3.25. The molecule has 6 rings (SSSR count). The normalized spacial score (nSPS) is 17.4. The lowest BCUT2D eigenvalue weighted by Crippen LogP contribution is -2.31. The maximum atomic E-state index is 11.0. The number of ether oxygens (including phenoxy) is 4. The predicted molar refractivity (Wildman–Crippen MR) is 171 cm³/mol. The van der Waals surface area contributed by atoms with E-state index in [1.54, 1.807) is 40.6 Å². The van der Waals surface area contributed by atoms with Crippen molar-refractivity contribution in [1.29, 1.82) is 0 Å². The third-order valence-corrected chi connectivity index (χ3v) is 8.90. The van der Waals surface area contributed by atoms with Crippen LogP contribution >= 0.6 is 0 Å². The molecular formula is C36H40N2O6. The van der Waals surface area contributed by atoms with Gasteiger partial charge >= 0.3 is 0 Å². The van der Waals surface area contributed by atoms with Crippen LogP contribution in [0.5, 0.6) is 34.5 Å². The van der Waals surface area contributed by atoms with Crippen molar-refractivity contribution in [3.63, 3.8) is 0 Å². The highest BCUT2D eigenvalue weighted by molar-refractivity contribution is 5.76. The molecule has 2 aliphatic rings. The number of methoxy groups -OCH3 is 4. The zero-order chi connectivity index (χ0) is 30.8. The van der Waals surface area contributed by atoms with Gasteiger partial charge < -0.3 is 39.8 Å². The van der Waals surface area contributed by atoms with E-state index in [0.29, 0.717) is 35.5 Å². The number of nitrogens with one attached hydrogen (secondary N) is 2. The fraction of sp³-hybridized carbons (Fsp3) is 0.333. The molecule has 0 bridgehead atoms. The summed E-state index contributed by atoms with van der Waals surface area (Å²) in [6.45, 7) is 1.72. The number of fused-ring (bicyclic) bond motifs is 2. The molecule has 0 spiro atoms. The van der Waals surface area contributed by atoms with E-state index in [4.69, 9.17) is 18.9 Å². The Bertz CT molecular complexity index is 1550. The lowest BCUT2D eigenvalue weighted by atomic mass is 9.88. The molecule has 0 radical (unpaired) electrons. The number of phenols is 2. The van der Waals surface area contributed by atoms with E-state index >= 15 is 0 Å². The van der Waals surface area contributed by atoms with Crippen LogP contribution in [0, 0.1) is 0 Å². The number of aromatic hydroxyl groups is 2. The molecule has 0 aromatic heterocycles. The van der Waals surface area contributed by atoms with Crippen LogP contribution in [-0.2, 0) is 25.7 Å². The van der Waals surface area contributed by atoms with E-state index < -0.39 is 0 Å². The van der Waals surface area contributed by atoms with E-state index in [-0.39, 0.29) is 23.6 Å². The topological polar surface area (TPSA) is 101 Å². The molecule has 0 saturated carbocycles. The van der Waals surface area contributed by atoms with Crippen molar-refractivity contribution < 1.29 is 29.2 Å². The van der Waals surface area contributed by atoms with Gasteiger partial charge in [0.25, 0.3) is 0 Å². The van der Waals surface area contributed by atoms with Crippen molar-refractivity contribution in [1.82, 2.24) is 10.6 Å². The van der Waals surface area contributed by atoms with Crippen LogP contribution in [0.15, 0.2) is 60.7 Å². The number of hydrogen-bond acceptors (Lipinski definition) is 8. The molecule has 0 fully saturated rings. The monoisotopic (exact) mass is 596 g/mol. The second kappa shape index (κ2) is 12.7. The summed E-state index contributed by atoms with van der Waals surface area (Å²) in [5.41, 5.74) is 8.15. The zero-order valence-electron chi connectivity index (χ0n) is 25.7. The Labute approximate surface area is 258 Å². The van der Waals surface area contributed by atoms with Gasteiger partial charge in [0.2, 0.25) is 0 Å². The van der Waals surface area contributed by atoms with Crippen LogP contribution in [0.4, 0.5) is 0 Å². The van der Waals surface area contributed by atoms with Gasteiger partial charge in [-0.2, -0.15) is 0 Å². The SMILES string of the molecule is COc1cc2c(cc1OC)[C@H](Cc1ccc(O)c(-c3cc(C[C@@H]4NCCc5cc(OC)c(OC)cc54)ccc3O)c1)NCC2. The van der Waals surface area contributed by atoms with Gasteiger partial charge in [0.15, 0.2) is 23.0 Å². The van der Waals surface area contributed by atoms with Gasteiger partial charge in [-0.3, -0.25) is 0 Å². The van der Waals surface area contributed by atoms with E-state index in [9.17, 15) is 10.2 Å². The molecule has 4 aromatic rings. The molecule has 4 N–H and O–H groups in total. The lowest BCUT2D eigenvalue weighted by Gasteiger charge is -2.29. The molecule has 0 unspecified atom stereocenters. The molecule has 8 nitrogen and oxygen atoms in total. The second-order valence-electron chi connectivity index (χ2n) is 11.4. The van der Waals surface area contributed by atoms with Crippen molar-refractivity contribution >= 4 is 0 Å². The summed E-state index contributed by atoms with van der Waals surface area (Å²) in [7, 11) is 6.62. The fourth-order valence-corrected chi connectivity index (χ4v) is 6.62. The van der Waals surface area contributed by atoms with Crippen molar-refractivity contribution in [2.45, 2.75) is 37.8 Å². The second-order valence-corrected chi connectivity index (χ2v) is 11.4. The molecule has 2 atom stereocenters. The van der Waals surface area contributed by atoms with Crippen LogP contribution in [0.25, 0.3) is 11.1 Å². The smallest absolute Gasteiger partial charge is 0.161 e. The Kier molecular flexibility index (Phi) is 8.55. The molecule has 0 saturated heterocycles. The summed E-state index contributed by atoms with van der Waals surface area (Å²) in [6, 6.07) is 19.7. The average molecular weight is 597 g/mol. The first kappa shape index (κ1) is 29.7. The largest absolute Gasteiger partial charge is 0.507 e. The lowest BCUT2D eigenvalue weighted by molar-refractivity contribution is 0.352. The minimum atomic E-state index is 0.0731. The highest BCUT2D eigenvalue weighted by atomic mass is 16.5. The Morgan fingerprint density at radius 3 is 1.34 bits per heavy atom. The van der Waals surface area contributed by atoms with Gasteiger partial charge in [-0.15, -0.1) is 0 Å². The Hall–Kier alpha value is -4.40. The predicted octanol–water partition coefficient (Wildman–Crippen LogP) is 5.66. The van der Waals surface area contributed by atoms with Crippen molar-refractivity contribution in [2.24, 2.45) is 0 Å². The number of rotatable bonds is 9. The van der Waals surface area contributed by atoms with E-state index in [1.807, 2.05) is 24.3 Å². The van der Waals surface area contributed by atoms with Gasteiger partial charge in [-0.05, 0) is 121 Å². The van der Waals surface area contributed by atoms with Gasteiger partial charge in [-0.1, -0.05) is 12.1 Å². The van der Waals surface area contributed by atoms with Crippen molar-refractivity contribution in [2.75, 3.05) is 41.5 Å². The minimum Gasteiger partial charge on any atom is -0.507 e. The molecule has 44 heavy (non-hydrogen) atoms. The van der Waals surface area contributed by atoms with Crippen LogP contribution in [0.2, 0.25) is 0 Å². The molecule has 0 aliphatic carbocycles. The maximum absolute atomic E-state index is 11.0. The summed E-state index contributed by atoms with van der Waals surface area (Å²) in [5.74, 6) is 3.14. The first-order valence-electron chi connectivity index (χ1n) is 15.0. The average Bonchev–Trinajstić information content (AvgIpc) is 3.05. The first-order chi connectivity index (χ1) is 21.4. The zero-order valence-corrected chi connectivity index (χ0v) is 25.7.